The van der Waals surface area contributed by atoms with E-state index in [4.69, 9.17) is 0 Å². The summed E-state index contributed by atoms with van der Waals surface area (Å²) >= 11 is 1.93. The Morgan fingerprint density at radius 2 is 1.57 bits per heavy atom. The van der Waals surface area contributed by atoms with E-state index in [0.29, 0.717) is 6.04 Å². The SMILES string of the molecule is CCCNC(c1cc(C)c(C)s1)c1c(C)cc(C)cc1C. The Kier molecular flexibility index (Phi) is 5.23. The van der Waals surface area contributed by atoms with Crippen LogP contribution in [-0.4, -0.2) is 6.54 Å². The van der Waals surface area contributed by atoms with Gasteiger partial charge in [-0.15, -0.1) is 11.3 Å². The van der Waals surface area contributed by atoms with E-state index in [0.717, 1.165) is 13.0 Å². The molecule has 0 saturated carbocycles. The number of hydrogen-bond donors (Lipinski definition) is 1. The topological polar surface area (TPSA) is 12.0 Å². The van der Waals surface area contributed by atoms with E-state index >= 15 is 0 Å². The number of thiophene rings is 1. The Hall–Kier alpha value is -1.12. The zero-order valence-electron chi connectivity index (χ0n) is 14.1. The average molecular weight is 301 g/mol. The third-order valence-electron chi connectivity index (χ3n) is 4.09. The molecule has 1 nitrogen and oxygen atoms in total. The number of benzene rings is 1. The smallest absolute Gasteiger partial charge is 0.0676 e. The van der Waals surface area contributed by atoms with Gasteiger partial charge in [0.2, 0.25) is 0 Å². The van der Waals surface area contributed by atoms with E-state index in [2.05, 4.69) is 65.1 Å². The highest BCUT2D eigenvalue weighted by Gasteiger charge is 2.20. The monoisotopic (exact) mass is 301 g/mol. The molecule has 0 amide bonds. The number of nitrogens with one attached hydrogen (secondary N) is 1. The van der Waals surface area contributed by atoms with Crippen LogP contribution in [-0.2, 0) is 0 Å². The predicted molar refractivity (Wildman–Crippen MR) is 94.6 cm³/mol. The Labute approximate surface area is 133 Å². The molecule has 1 unspecified atom stereocenters. The summed E-state index contributed by atoms with van der Waals surface area (Å²) in [6.45, 7) is 14.4. The number of rotatable bonds is 5. The summed E-state index contributed by atoms with van der Waals surface area (Å²) in [7, 11) is 0. The molecule has 1 N–H and O–H groups in total. The summed E-state index contributed by atoms with van der Waals surface area (Å²) < 4.78 is 0. The average Bonchev–Trinajstić information content (AvgIpc) is 2.72. The van der Waals surface area contributed by atoms with Gasteiger partial charge in [-0.05, 0) is 75.9 Å². The van der Waals surface area contributed by atoms with Crippen molar-refractivity contribution in [3.8, 4) is 0 Å². The van der Waals surface area contributed by atoms with Crippen LogP contribution in [0.3, 0.4) is 0 Å². The Morgan fingerprint density at radius 1 is 0.952 bits per heavy atom. The predicted octanol–water partition coefficient (Wildman–Crippen LogP) is 5.38. The van der Waals surface area contributed by atoms with Crippen LogP contribution >= 0.6 is 11.3 Å². The molecule has 1 heterocycles. The van der Waals surface area contributed by atoms with Crippen LogP contribution in [0.25, 0.3) is 0 Å². The van der Waals surface area contributed by atoms with Crippen LogP contribution in [0, 0.1) is 34.6 Å². The molecule has 0 spiro atoms. The van der Waals surface area contributed by atoms with Gasteiger partial charge in [-0.25, -0.2) is 0 Å². The molecule has 1 atom stereocenters. The zero-order chi connectivity index (χ0) is 15.6. The van der Waals surface area contributed by atoms with Crippen molar-refractivity contribution in [1.82, 2.24) is 5.32 Å². The molecule has 1 aromatic carbocycles. The fourth-order valence-electron chi connectivity index (χ4n) is 3.02. The van der Waals surface area contributed by atoms with Crippen LogP contribution in [0.4, 0.5) is 0 Å². The Bertz CT molecular complexity index is 582. The van der Waals surface area contributed by atoms with Gasteiger partial charge in [0.1, 0.15) is 0 Å². The van der Waals surface area contributed by atoms with E-state index in [1.54, 1.807) is 0 Å². The molecular weight excluding hydrogens is 274 g/mol. The minimum atomic E-state index is 0.322. The molecule has 0 bridgehead atoms. The van der Waals surface area contributed by atoms with Gasteiger partial charge in [0.25, 0.3) is 0 Å². The van der Waals surface area contributed by atoms with Crippen molar-refractivity contribution >= 4 is 11.3 Å². The minimum Gasteiger partial charge on any atom is -0.306 e. The van der Waals surface area contributed by atoms with Crippen molar-refractivity contribution < 1.29 is 0 Å². The van der Waals surface area contributed by atoms with Crippen LogP contribution in [0.15, 0.2) is 18.2 Å². The quantitative estimate of drug-likeness (QED) is 0.782. The van der Waals surface area contributed by atoms with Crippen molar-refractivity contribution in [1.29, 1.82) is 0 Å². The van der Waals surface area contributed by atoms with Crippen molar-refractivity contribution in [2.45, 2.75) is 54.0 Å². The summed E-state index contributed by atoms with van der Waals surface area (Å²) in [5, 5.41) is 3.75. The van der Waals surface area contributed by atoms with E-state index in [1.165, 1.54) is 37.6 Å². The van der Waals surface area contributed by atoms with Crippen LogP contribution in [0.5, 0.6) is 0 Å². The van der Waals surface area contributed by atoms with Crippen molar-refractivity contribution in [2.75, 3.05) is 6.54 Å². The zero-order valence-corrected chi connectivity index (χ0v) is 14.9. The normalized spacial score (nSPS) is 12.7. The number of aryl methyl sites for hydroxylation is 5. The molecule has 114 valence electrons. The summed E-state index contributed by atoms with van der Waals surface area (Å²) in [6, 6.07) is 7.28. The Morgan fingerprint density at radius 3 is 2.05 bits per heavy atom. The Balaban J connectivity index is 2.50. The van der Waals surface area contributed by atoms with Gasteiger partial charge in [0.05, 0.1) is 6.04 Å². The summed E-state index contributed by atoms with van der Waals surface area (Å²) in [4.78, 5) is 2.87. The third-order valence-corrected chi connectivity index (χ3v) is 5.31. The fourth-order valence-corrected chi connectivity index (χ4v) is 4.15. The fraction of sp³-hybridized carbons (Fsp3) is 0.474. The largest absolute Gasteiger partial charge is 0.306 e. The van der Waals surface area contributed by atoms with E-state index in [1.807, 2.05) is 11.3 Å². The summed E-state index contributed by atoms with van der Waals surface area (Å²) in [5.74, 6) is 0. The minimum absolute atomic E-state index is 0.322. The lowest BCUT2D eigenvalue weighted by molar-refractivity contribution is 0.601. The maximum Gasteiger partial charge on any atom is 0.0676 e. The first kappa shape index (κ1) is 16.3. The highest BCUT2D eigenvalue weighted by atomic mass is 32.1. The lowest BCUT2D eigenvalue weighted by Crippen LogP contribution is -2.24. The first-order valence-corrected chi connectivity index (χ1v) is 8.63. The van der Waals surface area contributed by atoms with Gasteiger partial charge in [-0.2, -0.15) is 0 Å². The molecule has 0 fully saturated rings. The maximum atomic E-state index is 3.75. The maximum absolute atomic E-state index is 3.75. The molecule has 21 heavy (non-hydrogen) atoms. The lowest BCUT2D eigenvalue weighted by atomic mass is 9.93. The summed E-state index contributed by atoms with van der Waals surface area (Å²) in [5.41, 5.74) is 6.99. The second-order valence-electron chi connectivity index (χ2n) is 6.09. The second-order valence-corrected chi connectivity index (χ2v) is 7.38. The van der Waals surface area contributed by atoms with Crippen LogP contribution in [0.2, 0.25) is 0 Å². The van der Waals surface area contributed by atoms with Gasteiger partial charge in [0, 0.05) is 9.75 Å². The molecule has 0 aliphatic rings. The number of hydrogen-bond acceptors (Lipinski definition) is 2. The highest BCUT2D eigenvalue weighted by molar-refractivity contribution is 7.12. The second kappa shape index (κ2) is 6.76. The van der Waals surface area contributed by atoms with E-state index in [-0.39, 0.29) is 0 Å². The van der Waals surface area contributed by atoms with Crippen molar-refractivity contribution in [2.24, 2.45) is 0 Å². The lowest BCUT2D eigenvalue weighted by Gasteiger charge is -2.22. The molecule has 2 heteroatoms. The standard InChI is InChI=1S/C19H27NS/c1-7-8-20-19(17-11-13(3)16(6)21-17)18-14(4)9-12(2)10-15(18)5/h9-11,19-20H,7-8H2,1-6H3. The van der Waals surface area contributed by atoms with Crippen LogP contribution in [0.1, 0.15) is 57.0 Å². The molecule has 1 aromatic heterocycles. The van der Waals surface area contributed by atoms with Gasteiger partial charge < -0.3 is 5.32 Å². The molecule has 0 saturated heterocycles. The first-order chi connectivity index (χ1) is 9.93. The third kappa shape index (κ3) is 3.56. The van der Waals surface area contributed by atoms with Gasteiger partial charge in [-0.3, -0.25) is 0 Å². The van der Waals surface area contributed by atoms with Gasteiger partial charge >= 0.3 is 0 Å². The van der Waals surface area contributed by atoms with E-state index in [9.17, 15) is 0 Å². The van der Waals surface area contributed by atoms with Crippen molar-refractivity contribution in [3.05, 3.63) is 55.8 Å². The van der Waals surface area contributed by atoms with Gasteiger partial charge in [-0.1, -0.05) is 24.6 Å². The van der Waals surface area contributed by atoms with Crippen molar-refractivity contribution in [3.63, 3.8) is 0 Å². The molecule has 2 aromatic rings. The molecule has 0 aliphatic heterocycles. The van der Waals surface area contributed by atoms with Crippen LogP contribution < -0.4 is 5.32 Å². The van der Waals surface area contributed by atoms with E-state index < -0.39 is 0 Å². The summed E-state index contributed by atoms with van der Waals surface area (Å²) in [6.07, 6.45) is 1.16. The molecular formula is C19H27NS. The first-order valence-electron chi connectivity index (χ1n) is 7.82. The molecule has 2 rings (SSSR count). The van der Waals surface area contributed by atoms with Gasteiger partial charge in [0.15, 0.2) is 0 Å². The molecule has 0 radical (unpaired) electrons. The highest BCUT2D eigenvalue weighted by Crippen LogP contribution is 2.34. The molecule has 0 aliphatic carbocycles.